The molecule has 1 amide bonds. The van der Waals surface area contributed by atoms with Gasteiger partial charge in [-0.1, -0.05) is 24.3 Å². The highest BCUT2D eigenvalue weighted by atomic mass is 16.5. The number of fused-ring (bicyclic) bond motifs is 1. The van der Waals surface area contributed by atoms with Gasteiger partial charge >= 0.3 is 0 Å². The minimum Gasteiger partial charge on any atom is -0.496 e. The molecule has 4 heteroatoms. The van der Waals surface area contributed by atoms with Gasteiger partial charge in [-0.2, -0.15) is 0 Å². The van der Waals surface area contributed by atoms with Gasteiger partial charge in [0.05, 0.1) is 7.11 Å². The number of hydrogen-bond acceptors (Lipinski definition) is 3. The second-order valence-corrected chi connectivity index (χ2v) is 5.95. The molecule has 1 saturated carbocycles. The number of methoxy groups -OCH3 is 1. The molecule has 0 spiro atoms. The standard InChI is InChI=1S/C18H22N2O2/c1-22-17-11-10-16(14-4-2-3-5-15(14)17)18(21)20-13-8-6-12(19)7-9-13/h2-5,10-13H,6-9,19H2,1H3,(H,20,21). The van der Waals surface area contributed by atoms with E-state index in [0.717, 1.165) is 42.2 Å². The normalized spacial score (nSPS) is 21.5. The third kappa shape index (κ3) is 2.92. The lowest BCUT2D eigenvalue weighted by Gasteiger charge is -2.27. The number of rotatable bonds is 3. The Kier molecular flexibility index (Phi) is 4.29. The van der Waals surface area contributed by atoms with Crippen molar-refractivity contribution in [3.63, 3.8) is 0 Å². The zero-order chi connectivity index (χ0) is 15.5. The highest BCUT2D eigenvalue weighted by Gasteiger charge is 2.21. The van der Waals surface area contributed by atoms with Gasteiger partial charge in [-0.15, -0.1) is 0 Å². The zero-order valence-electron chi connectivity index (χ0n) is 12.8. The topological polar surface area (TPSA) is 64.3 Å². The summed E-state index contributed by atoms with van der Waals surface area (Å²) in [4.78, 5) is 12.6. The highest BCUT2D eigenvalue weighted by Crippen LogP contribution is 2.28. The SMILES string of the molecule is COc1ccc(C(=O)NC2CCC(N)CC2)c2ccccc12. The lowest BCUT2D eigenvalue weighted by Crippen LogP contribution is -2.40. The summed E-state index contributed by atoms with van der Waals surface area (Å²) >= 11 is 0. The molecule has 1 aliphatic rings. The molecule has 0 aliphatic heterocycles. The monoisotopic (exact) mass is 298 g/mol. The van der Waals surface area contributed by atoms with Crippen molar-refractivity contribution in [3.8, 4) is 5.75 Å². The van der Waals surface area contributed by atoms with E-state index in [0.29, 0.717) is 5.56 Å². The van der Waals surface area contributed by atoms with Crippen LogP contribution in [0.1, 0.15) is 36.0 Å². The van der Waals surface area contributed by atoms with Crippen molar-refractivity contribution >= 4 is 16.7 Å². The maximum Gasteiger partial charge on any atom is 0.252 e. The molecule has 3 rings (SSSR count). The molecular weight excluding hydrogens is 276 g/mol. The minimum absolute atomic E-state index is 0.0145. The molecule has 0 heterocycles. The Hall–Kier alpha value is -2.07. The molecule has 2 aromatic rings. The van der Waals surface area contributed by atoms with Crippen LogP contribution in [0.5, 0.6) is 5.75 Å². The fourth-order valence-corrected chi connectivity index (χ4v) is 3.17. The second-order valence-electron chi connectivity index (χ2n) is 5.95. The number of ether oxygens (including phenoxy) is 1. The number of hydrogen-bond donors (Lipinski definition) is 2. The summed E-state index contributed by atoms with van der Waals surface area (Å²) in [5, 5.41) is 5.03. The van der Waals surface area contributed by atoms with Gasteiger partial charge in [-0.25, -0.2) is 0 Å². The van der Waals surface area contributed by atoms with Gasteiger partial charge in [0.25, 0.3) is 5.91 Å². The largest absolute Gasteiger partial charge is 0.496 e. The van der Waals surface area contributed by atoms with Crippen molar-refractivity contribution in [3.05, 3.63) is 42.0 Å². The first kappa shape index (κ1) is 14.9. The Labute approximate surface area is 130 Å². The summed E-state index contributed by atoms with van der Waals surface area (Å²) in [5.41, 5.74) is 6.62. The van der Waals surface area contributed by atoms with Crippen LogP contribution in [0.3, 0.4) is 0 Å². The number of amides is 1. The fourth-order valence-electron chi connectivity index (χ4n) is 3.17. The summed E-state index contributed by atoms with van der Waals surface area (Å²) in [6, 6.07) is 12.0. The van der Waals surface area contributed by atoms with Crippen LogP contribution in [0, 0.1) is 0 Å². The first-order chi connectivity index (χ1) is 10.7. The predicted molar refractivity (Wildman–Crippen MR) is 88.2 cm³/mol. The van der Waals surface area contributed by atoms with Gasteiger partial charge < -0.3 is 15.8 Å². The second kappa shape index (κ2) is 6.36. The number of benzene rings is 2. The van der Waals surface area contributed by atoms with Crippen LogP contribution < -0.4 is 15.8 Å². The van der Waals surface area contributed by atoms with Crippen molar-refractivity contribution in [2.24, 2.45) is 5.73 Å². The molecule has 0 bridgehead atoms. The van der Waals surface area contributed by atoms with Crippen molar-refractivity contribution in [2.45, 2.75) is 37.8 Å². The Balaban J connectivity index is 1.85. The van der Waals surface area contributed by atoms with Gasteiger partial charge in [0, 0.05) is 23.0 Å². The first-order valence-corrected chi connectivity index (χ1v) is 7.81. The molecule has 0 aromatic heterocycles. The number of nitrogens with two attached hydrogens (primary N) is 1. The molecular formula is C18H22N2O2. The van der Waals surface area contributed by atoms with Crippen LogP contribution in [0.2, 0.25) is 0 Å². The average Bonchev–Trinajstić information content (AvgIpc) is 2.56. The molecule has 3 N–H and O–H groups in total. The van der Waals surface area contributed by atoms with Crippen molar-refractivity contribution in [1.29, 1.82) is 0 Å². The van der Waals surface area contributed by atoms with Crippen LogP contribution in [-0.2, 0) is 0 Å². The molecule has 0 unspecified atom stereocenters. The molecule has 0 radical (unpaired) electrons. The minimum atomic E-state index is -0.0145. The number of nitrogens with one attached hydrogen (secondary N) is 1. The van der Waals surface area contributed by atoms with Gasteiger partial charge in [-0.05, 0) is 43.2 Å². The fraction of sp³-hybridized carbons (Fsp3) is 0.389. The quantitative estimate of drug-likeness (QED) is 0.916. The molecule has 0 saturated heterocycles. The van der Waals surface area contributed by atoms with Gasteiger partial charge in [0.15, 0.2) is 0 Å². The van der Waals surface area contributed by atoms with E-state index >= 15 is 0 Å². The number of carbonyl (C=O) groups is 1. The van der Waals surface area contributed by atoms with Crippen molar-refractivity contribution in [1.82, 2.24) is 5.32 Å². The van der Waals surface area contributed by atoms with E-state index in [1.807, 2.05) is 36.4 Å². The van der Waals surface area contributed by atoms with E-state index in [4.69, 9.17) is 10.5 Å². The molecule has 1 aliphatic carbocycles. The van der Waals surface area contributed by atoms with Gasteiger partial charge in [-0.3, -0.25) is 4.79 Å². The summed E-state index contributed by atoms with van der Waals surface area (Å²) < 4.78 is 5.38. The van der Waals surface area contributed by atoms with Crippen LogP contribution >= 0.6 is 0 Å². The Morgan fingerprint density at radius 2 is 1.77 bits per heavy atom. The van der Waals surface area contributed by atoms with Crippen molar-refractivity contribution < 1.29 is 9.53 Å². The zero-order valence-corrected chi connectivity index (χ0v) is 12.8. The van der Waals surface area contributed by atoms with Crippen LogP contribution in [0.15, 0.2) is 36.4 Å². The molecule has 0 atom stereocenters. The lowest BCUT2D eigenvalue weighted by molar-refractivity contribution is 0.0927. The van der Waals surface area contributed by atoms with E-state index in [2.05, 4.69) is 5.32 Å². The summed E-state index contributed by atoms with van der Waals surface area (Å²) in [5.74, 6) is 0.773. The summed E-state index contributed by atoms with van der Waals surface area (Å²) in [7, 11) is 1.65. The highest BCUT2D eigenvalue weighted by molar-refractivity contribution is 6.08. The van der Waals surface area contributed by atoms with Gasteiger partial charge in [0.2, 0.25) is 0 Å². The van der Waals surface area contributed by atoms with Crippen LogP contribution in [-0.4, -0.2) is 25.1 Å². The molecule has 4 nitrogen and oxygen atoms in total. The third-order valence-corrected chi connectivity index (χ3v) is 4.46. The maximum absolute atomic E-state index is 12.6. The van der Waals surface area contributed by atoms with Crippen LogP contribution in [0.25, 0.3) is 10.8 Å². The van der Waals surface area contributed by atoms with E-state index in [1.54, 1.807) is 7.11 Å². The Morgan fingerprint density at radius 3 is 2.45 bits per heavy atom. The van der Waals surface area contributed by atoms with E-state index in [1.165, 1.54) is 0 Å². The molecule has 1 fully saturated rings. The molecule has 116 valence electrons. The predicted octanol–water partition coefficient (Wildman–Crippen LogP) is 2.85. The van der Waals surface area contributed by atoms with E-state index in [9.17, 15) is 4.79 Å². The van der Waals surface area contributed by atoms with E-state index < -0.39 is 0 Å². The smallest absolute Gasteiger partial charge is 0.252 e. The lowest BCUT2D eigenvalue weighted by atomic mass is 9.91. The maximum atomic E-state index is 12.6. The van der Waals surface area contributed by atoms with E-state index in [-0.39, 0.29) is 18.0 Å². The third-order valence-electron chi connectivity index (χ3n) is 4.46. The average molecular weight is 298 g/mol. The molecule has 2 aromatic carbocycles. The number of carbonyl (C=O) groups excluding carboxylic acids is 1. The van der Waals surface area contributed by atoms with Crippen LogP contribution in [0.4, 0.5) is 0 Å². The van der Waals surface area contributed by atoms with Crippen molar-refractivity contribution in [2.75, 3.05) is 7.11 Å². The summed E-state index contributed by atoms with van der Waals surface area (Å²) in [6.07, 6.45) is 3.88. The Morgan fingerprint density at radius 1 is 1.09 bits per heavy atom. The summed E-state index contributed by atoms with van der Waals surface area (Å²) in [6.45, 7) is 0. The van der Waals surface area contributed by atoms with Gasteiger partial charge in [0.1, 0.15) is 5.75 Å². The first-order valence-electron chi connectivity index (χ1n) is 7.81. The Bertz CT molecular complexity index is 676. The molecule has 22 heavy (non-hydrogen) atoms.